The van der Waals surface area contributed by atoms with Crippen LogP contribution in [0.1, 0.15) is 25.3 Å². The van der Waals surface area contributed by atoms with Gasteiger partial charge in [0.2, 0.25) is 0 Å². The number of halogens is 1. The first-order chi connectivity index (χ1) is 8.00. The Hall–Kier alpha value is -1.09. The van der Waals surface area contributed by atoms with Gasteiger partial charge in [0.05, 0.1) is 5.92 Å². The van der Waals surface area contributed by atoms with Crippen molar-refractivity contribution in [3.63, 3.8) is 0 Å². The van der Waals surface area contributed by atoms with E-state index >= 15 is 0 Å². The Morgan fingerprint density at radius 2 is 1.88 bits per heavy atom. The van der Waals surface area contributed by atoms with Crippen molar-refractivity contribution in [2.24, 2.45) is 0 Å². The monoisotopic (exact) mass is 250 g/mol. The normalized spacial score (nSPS) is 28.9. The average molecular weight is 250 g/mol. The largest absolute Gasteiger partial charge is 0.291 e. The van der Waals surface area contributed by atoms with E-state index in [-0.39, 0.29) is 5.78 Å². The van der Waals surface area contributed by atoms with E-state index in [2.05, 4.69) is 0 Å². The highest BCUT2D eigenvalue weighted by Gasteiger charge is 2.51. The van der Waals surface area contributed by atoms with Crippen molar-refractivity contribution in [3.8, 4) is 0 Å². The molecule has 1 aromatic rings. The van der Waals surface area contributed by atoms with E-state index < -0.39 is 11.6 Å². The number of rotatable bonds is 2. The molecule has 1 aromatic carbocycles. The molecule has 0 spiro atoms. The number of thioether (sulfide) groups is 1. The first-order valence-corrected chi connectivity index (χ1v) is 6.76. The van der Waals surface area contributed by atoms with Crippen molar-refractivity contribution < 1.29 is 9.18 Å². The molecule has 0 radical (unpaired) electrons. The number of Topliss-reactive ketones (excluding diaryl/α,β-unsaturated/α-hetero) is 1. The lowest BCUT2D eigenvalue weighted by Crippen LogP contribution is -2.32. The van der Waals surface area contributed by atoms with Gasteiger partial charge in [-0.1, -0.05) is 30.3 Å². The molecule has 0 heterocycles. The molecule has 0 unspecified atom stereocenters. The fraction of sp³-hybridized carbons (Fsp3) is 0.357. The van der Waals surface area contributed by atoms with E-state index in [1.165, 1.54) is 18.7 Å². The van der Waals surface area contributed by atoms with Crippen LogP contribution in [-0.4, -0.2) is 17.7 Å². The van der Waals surface area contributed by atoms with Crippen LogP contribution in [0.5, 0.6) is 0 Å². The molecule has 0 saturated carbocycles. The summed E-state index contributed by atoms with van der Waals surface area (Å²) in [4.78, 5) is 12.8. The quantitative estimate of drug-likeness (QED) is 0.795. The Balaban J connectivity index is 2.55. The molecular weight excluding hydrogens is 235 g/mol. The molecule has 2 atom stereocenters. The third-order valence-electron chi connectivity index (χ3n) is 3.31. The lowest BCUT2D eigenvalue weighted by atomic mass is 9.87. The molecule has 0 fully saturated rings. The lowest BCUT2D eigenvalue weighted by Gasteiger charge is -2.24. The summed E-state index contributed by atoms with van der Waals surface area (Å²) in [5, 5.41) is 0. The minimum Gasteiger partial charge on any atom is -0.291 e. The van der Waals surface area contributed by atoms with E-state index in [1.807, 2.05) is 36.6 Å². The molecule has 3 heteroatoms. The van der Waals surface area contributed by atoms with Crippen LogP contribution in [0.4, 0.5) is 4.39 Å². The van der Waals surface area contributed by atoms with E-state index in [9.17, 15) is 9.18 Å². The molecule has 1 nitrogen and oxygen atoms in total. The van der Waals surface area contributed by atoms with Crippen molar-refractivity contribution in [3.05, 3.63) is 46.4 Å². The summed E-state index contributed by atoms with van der Waals surface area (Å²) >= 11 is 1.47. The molecule has 0 bridgehead atoms. The summed E-state index contributed by atoms with van der Waals surface area (Å²) in [5.74, 6) is -0.832. The predicted octanol–water partition coefficient (Wildman–Crippen LogP) is 3.72. The number of allylic oxidation sites excluding steroid dienone is 2. The van der Waals surface area contributed by atoms with Crippen LogP contribution in [0.25, 0.3) is 0 Å². The minimum absolute atomic E-state index is 0.379. The fourth-order valence-electron chi connectivity index (χ4n) is 2.45. The Labute approximate surface area is 105 Å². The van der Waals surface area contributed by atoms with Crippen molar-refractivity contribution >= 4 is 17.5 Å². The summed E-state index contributed by atoms with van der Waals surface area (Å²) in [7, 11) is 0. The second-order valence-corrected chi connectivity index (χ2v) is 5.29. The highest BCUT2D eigenvalue weighted by Crippen LogP contribution is 2.50. The van der Waals surface area contributed by atoms with Crippen molar-refractivity contribution in [2.45, 2.75) is 25.4 Å². The maximum Gasteiger partial charge on any atom is 0.197 e. The number of alkyl halides is 1. The van der Waals surface area contributed by atoms with E-state index in [0.717, 1.165) is 10.5 Å². The Bertz CT molecular complexity index is 476. The zero-order chi connectivity index (χ0) is 12.6. The SMILES string of the molecule is CSC1=C(C)C(=O)[C@@](C)(F)[C@@H]1c1ccccc1. The van der Waals surface area contributed by atoms with Crippen LogP contribution in [-0.2, 0) is 4.79 Å². The van der Waals surface area contributed by atoms with Crippen molar-refractivity contribution in [1.82, 2.24) is 0 Å². The molecule has 0 aliphatic heterocycles. The molecular formula is C14H15FOS. The number of ketones is 1. The van der Waals surface area contributed by atoms with Crippen molar-refractivity contribution in [1.29, 1.82) is 0 Å². The van der Waals surface area contributed by atoms with Gasteiger partial charge in [0.25, 0.3) is 0 Å². The zero-order valence-corrected chi connectivity index (χ0v) is 11.0. The summed E-state index contributed by atoms with van der Waals surface area (Å²) in [6, 6.07) is 9.41. The topological polar surface area (TPSA) is 17.1 Å². The van der Waals surface area contributed by atoms with Gasteiger partial charge in [-0.2, -0.15) is 0 Å². The van der Waals surface area contributed by atoms with Gasteiger partial charge in [-0.25, -0.2) is 4.39 Å². The van der Waals surface area contributed by atoms with Gasteiger partial charge in [0.1, 0.15) is 0 Å². The van der Waals surface area contributed by atoms with Crippen LogP contribution < -0.4 is 0 Å². The molecule has 90 valence electrons. The molecule has 1 aliphatic rings. The highest BCUT2D eigenvalue weighted by molar-refractivity contribution is 8.02. The average Bonchev–Trinajstić information content (AvgIpc) is 2.50. The van der Waals surface area contributed by atoms with Crippen LogP contribution in [0.15, 0.2) is 40.8 Å². The molecule has 0 saturated heterocycles. The third-order valence-corrected chi connectivity index (χ3v) is 4.29. The number of hydrogen-bond acceptors (Lipinski definition) is 2. The second kappa shape index (κ2) is 4.30. The highest BCUT2D eigenvalue weighted by atomic mass is 32.2. The summed E-state index contributed by atoms with van der Waals surface area (Å²) in [5.41, 5.74) is -0.382. The number of carbonyl (C=O) groups is 1. The first kappa shape index (κ1) is 12.4. The zero-order valence-electron chi connectivity index (χ0n) is 10.2. The molecule has 0 aromatic heterocycles. The van der Waals surface area contributed by atoms with Crippen LogP contribution in [0.2, 0.25) is 0 Å². The lowest BCUT2D eigenvalue weighted by molar-refractivity contribution is -0.124. The first-order valence-electron chi connectivity index (χ1n) is 5.53. The minimum atomic E-state index is -1.82. The van der Waals surface area contributed by atoms with Gasteiger partial charge in [0.15, 0.2) is 11.5 Å². The second-order valence-electron chi connectivity index (χ2n) is 4.44. The number of carbonyl (C=O) groups excluding carboxylic acids is 1. The van der Waals surface area contributed by atoms with Gasteiger partial charge in [0, 0.05) is 10.5 Å². The maximum atomic E-state index is 14.6. The Morgan fingerprint density at radius 3 is 2.41 bits per heavy atom. The van der Waals surface area contributed by atoms with Crippen LogP contribution in [0, 0.1) is 0 Å². The van der Waals surface area contributed by atoms with Crippen molar-refractivity contribution in [2.75, 3.05) is 6.26 Å². The molecule has 17 heavy (non-hydrogen) atoms. The molecule has 0 N–H and O–H groups in total. The summed E-state index contributed by atoms with van der Waals surface area (Å²) in [6.07, 6.45) is 1.89. The van der Waals surface area contributed by atoms with E-state index in [0.29, 0.717) is 5.57 Å². The predicted molar refractivity (Wildman–Crippen MR) is 69.9 cm³/mol. The Kier molecular flexibility index (Phi) is 3.13. The van der Waals surface area contributed by atoms with Crippen LogP contribution in [0.3, 0.4) is 0 Å². The third kappa shape index (κ3) is 1.82. The molecule has 2 rings (SSSR count). The molecule has 1 aliphatic carbocycles. The maximum absolute atomic E-state index is 14.6. The standard InChI is InChI=1S/C14H15FOS/c1-9-12(17-3)11(14(2,15)13(9)16)10-7-5-4-6-8-10/h4-8,11H,1-3H3/t11-,14+/m1/s1. The summed E-state index contributed by atoms with van der Waals surface area (Å²) in [6.45, 7) is 3.11. The molecule has 0 amide bonds. The van der Waals surface area contributed by atoms with E-state index in [4.69, 9.17) is 0 Å². The Morgan fingerprint density at radius 1 is 1.29 bits per heavy atom. The van der Waals surface area contributed by atoms with Gasteiger partial charge < -0.3 is 0 Å². The van der Waals surface area contributed by atoms with Crippen LogP contribution >= 0.6 is 11.8 Å². The summed E-state index contributed by atoms with van der Waals surface area (Å²) < 4.78 is 14.6. The number of hydrogen-bond donors (Lipinski definition) is 0. The van der Waals surface area contributed by atoms with Gasteiger partial charge in [-0.05, 0) is 25.7 Å². The van der Waals surface area contributed by atoms with Gasteiger partial charge >= 0.3 is 0 Å². The van der Waals surface area contributed by atoms with Gasteiger partial charge in [-0.15, -0.1) is 11.8 Å². The fourth-order valence-corrected chi connectivity index (χ4v) is 3.45. The number of benzene rings is 1. The smallest absolute Gasteiger partial charge is 0.197 e. The van der Waals surface area contributed by atoms with Gasteiger partial charge in [-0.3, -0.25) is 4.79 Å². The van der Waals surface area contributed by atoms with E-state index in [1.54, 1.807) is 6.92 Å².